The zero-order valence-electron chi connectivity index (χ0n) is 12.3. The predicted molar refractivity (Wildman–Crippen MR) is 86.8 cm³/mol. The zero-order chi connectivity index (χ0) is 15.0. The number of nitrogens with one attached hydrogen (secondary N) is 1. The second-order valence-corrected chi connectivity index (χ2v) is 5.58. The van der Waals surface area contributed by atoms with Gasteiger partial charge in [0.25, 0.3) is 0 Å². The van der Waals surface area contributed by atoms with E-state index in [9.17, 15) is 0 Å². The lowest BCUT2D eigenvalue weighted by molar-refractivity contribution is 0.901. The van der Waals surface area contributed by atoms with E-state index >= 15 is 0 Å². The predicted octanol–water partition coefficient (Wildman–Crippen LogP) is 3.85. The minimum Gasteiger partial charge on any atom is -0.363 e. The third kappa shape index (κ3) is 2.36. The Morgan fingerprint density at radius 2 is 2.00 bits per heavy atom. The molecule has 0 radical (unpaired) electrons. The standard InChI is InChI=1S/C16H17ClN4/c1-10-11(2)21(3)15-13(10)9-19-20-16(15)18-8-12-6-4-5-7-14(12)17/h4-7,9H,8H2,1-3H3,(H,18,20). The summed E-state index contributed by atoms with van der Waals surface area (Å²) in [5.41, 5.74) is 4.58. The van der Waals surface area contributed by atoms with Gasteiger partial charge in [-0.2, -0.15) is 5.10 Å². The van der Waals surface area contributed by atoms with Gasteiger partial charge in [0.15, 0.2) is 5.82 Å². The summed E-state index contributed by atoms with van der Waals surface area (Å²) in [5, 5.41) is 13.6. The molecule has 0 atom stereocenters. The van der Waals surface area contributed by atoms with Crippen LogP contribution in [0.25, 0.3) is 10.9 Å². The summed E-state index contributed by atoms with van der Waals surface area (Å²) in [6, 6.07) is 7.80. The van der Waals surface area contributed by atoms with Crippen LogP contribution in [0.1, 0.15) is 16.8 Å². The zero-order valence-corrected chi connectivity index (χ0v) is 13.1. The molecule has 3 aromatic rings. The average Bonchev–Trinajstić information content (AvgIpc) is 2.72. The molecule has 0 aliphatic rings. The number of halogens is 1. The smallest absolute Gasteiger partial charge is 0.173 e. The molecular formula is C16H17ClN4. The first kappa shape index (κ1) is 13.9. The maximum atomic E-state index is 6.19. The fourth-order valence-electron chi connectivity index (χ4n) is 2.55. The van der Waals surface area contributed by atoms with Gasteiger partial charge in [0.05, 0.1) is 11.7 Å². The van der Waals surface area contributed by atoms with E-state index in [4.69, 9.17) is 11.6 Å². The summed E-state index contributed by atoms with van der Waals surface area (Å²) in [6.07, 6.45) is 1.82. The molecule has 0 bridgehead atoms. The van der Waals surface area contributed by atoms with Crippen LogP contribution >= 0.6 is 11.6 Å². The van der Waals surface area contributed by atoms with Crippen LogP contribution in [0.3, 0.4) is 0 Å². The van der Waals surface area contributed by atoms with Crippen molar-refractivity contribution < 1.29 is 0 Å². The number of hydrogen-bond donors (Lipinski definition) is 1. The van der Waals surface area contributed by atoms with Gasteiger partial charge < -0.3 is 9.88 Å². The highest BCUT2D eigenvalue weighted by molar-refractivity contribution is 6.31. The van der Waals surface area contributed by atoms with Gasteiger partial charge in [-0.3, -0.25) is 0 Å². The number of benzene rings is 1. The Morgan fingerprint density at radius 3 is 2.76 bits per heavy atom. The number of aromatic nitrogens is 3. The molecule has 0 amide bonds. The molecule has 3 rings (SSSR count). The molecular weight excluding hydrogens is 284 g/mol. The summed E-state index contributed by atoms with van der Waals surface area (Å²) < 4.78 is 2.15. The quantitative estimate of drug-likeness (QED) is 0.799. The highest BCUT2D eigenvalue weighted by atomic mass is 35.5. The van der Waals surface area contributed by atoms with Crippen molar-refractivity contribution in [1.82, 2.24) is 14.8 Å². The van der Waals surface area contributed by atoms with Gasteiger partial charge >= 0.3 is 0 Å². The molecule has 4 nitrogen and oxygen atoms in total. The number of rotatable bonds is 3. The van der Waals surface area contributed by atoms with Crippen molar-refractivity contribution >= 4 is 28.3 Å². The average molecular weight is 301 g/mol. The number of aryl methyl sites for hydroxylation is 2. The van der Waals surface area contributed by atoms with Crippen molar-refractivity contribution in [1.29, 1.82) is 0 Å². The van der Waals surface area contributed by atoms with E-state index in [1.807, 2.05) is 37.5 Å². The highest BCUT2D eigenvalue weighted by Crippen LogP contribution is 2.28. The second-order valence-electron chi connectivity index (χ2n) is 5.17. The first-order chi connectivity index (χ1) is 10.1. The van der Waals surface area contributed by atoms with Crippen LogP contribution in [-0.2, 0) is 13.6 Å². The van der Waals surface area contributed by atoms with E-state index in [1.54, 1.807) is 0 Å². The summed E-state index contributed by atoms with van der Waals surface area (Å²) in [7, 11) is 2.05. The Balaban J connectivity index is 1.98. The van der Waals surface area contributed by atoms with E-state index in [2.05, 4.69) is 33.9 Å². The minimum absolute atomic E-state index is 0.622. The third-order valence-corrected chi connectivity index (χ3v) is 4.38. The monoisotopic (exact) mass is 300 g/mol. The SMILES string of the molecule is Cc1c(C)n(C)c2c(NCc3ccccc3Cl)nncc12. The first-order valence-electron chi connectivity index (χ1n) is 6.84. The fraction of sp³-hybridized carbons (Fsp3) is 0.250. The maximum Gasteiger partial charge on any atom is 0.173 e. The second kappa shape index (κ2) is 5.37. The van der Waals surface area contributed by atoms with Gasteiger partial charge in [-0.25, -0.2) is 0 Å². The van der Waals surface area contributed by atoms with E-state index in [0.29, 0.717) is 6.54 Å². The molecule has 0 aliphatic carbocycles. The molecule has 108 valence electrons. The van der Waals surface area contributed by atoms with Crippen LogP contribution < -0.4 is 5.32 Å². The molecule has 0 fully saturated rings. The van der Waals surface area contributed by atoms with Crippen LogP contribution in [-0.4, -0.2) is 14.8 Å². The Bertz CT molecular complexity index is 807. The molecule has 5 heteroatoms. The van der Waals surface area contributed by atoms with E-state index in [1.165, 1.54) is 11.3 Å². The molecule has 1 aromatic carbocycles. The molecule has 1 N–H and O–H groups in total. The number of anilines is 1. The van der Waals surface area contributed by atoms with Gasteiger partial charge in [0.1, 0.15) is 0 Å². The van der Waals surface area contributed by atoms with Crippen LogP contribution in [0.5, 0.6) is 0 Å². The normalized spacial score (nSPS) is 11.0. The van der Waals surface area contributed by atoms with Crippen LogP contribution in [0, 0.1) is 13.8 Å². The topological polar surface area (TPSA) is 42.7 Å². The highest BCUT2D eigenvalue weighted by Gasteiger charge is 2.13. The summed E-state index contributed by atoms with van der Waals surface area (Å²) in [4.78, 5) is 0. The lowest BCUT2D eigenvalue weighted by Gasteiger charge is -2.09. The lowest BCUT2D eigenvalue weighted by atomic mass is 10.2. The molecule has 0 saturated carbocycles. The maximum absolute atomic E-state index is 6.19. The van der Waals surface area contributed by atoms with Crippen molar-refractivity contribution in [3.8, 4) is 0 Å². The minimum atomic E-state index is 0.622. The van der Waals surface area contributed by atoms with Gasteiger partial charge in [0.2, 0.25) is 0 Å². The Morgan fingerprint density at radius 1 is 1.24 bits per heavy atom. The van der Waals surface area contributed by atoms with Gasteiger partial charge in [-0.1, -0.05) is 29.8 Å². The Labute approximate surface area is 128 Å². The molecule has 0 saturated heterocycles. The van der Waals surface area contributed by atoms with Gasteiger partial charge in [0, 0.05) is 29.7 Å². The Hall–Kier alpha value is -2.07. The number of nitrogens with zero attached hydrogens (tertiary/aromatic N) is 3. The summed E-state index contributed by atoms with van der Waals surface area (Å²) in [5.74, 6) is 0.783. The molecule has 2 heterocycles. The molecule has 0 unspecified atom stereocenters. The molecule has 0 spiro atoms. The number of hydrogen-bond acceptors (Lipinski definition) is 3. The van der Waals surface area contributed by atoms with Crippen LogP contribution in [0.15, 0.2) is 30.5 Å². The summed E-state index contributed by atoms with van der Waals surface area (Å²) in [6.45, 7) is 4.83. The third-order valence-electron chi connectivity index (χ3n) is 4.01. The van der Waals surface area contributed by atoms with Crippen molar-refractivity contribution in [3.63, 3.8) is 0 Å². The van der Waals surface area contributed by atoms with Crippen molar-refractivity contribution in [2.45, 2.75) is 20.4 Å². The van der Waals surface area contributed by atoms with Gasteiger partial charge in [-0.05, 0) is 31.0 Å². The van der Waals surface area contributed by atoms with E-state index < -0.39 is 0 Å². The fourth-order valence-corrected chi connectivity index (χ4v) is 2.75. The Kier molecular flexibility index (Phi) is 3.55. The van der Waals surface area contributed by atoms with Gasteiger partial charge in [-0.15, -0.1) is 5.10 Å². The summed E-state index contributed by atoms with van der Waals surface area (Å²) >= 11 is 6.19. The molecule has 21 heavy (non-hydrogen) atoms. The van der Waals surface area contributed by atoms with Crippen LogP contribution in [0.2, 0.25) is 5.02 Å². The largest absolute Gasteiger partial charge is 0.363 e. The van der Waals surface area contributed by atoms with E-state index in [-0.39, 0.29) is 0 Å². The lowest BCUT2D eigenvalue weighted by Crippen LogP contribution is -2.05. The van der Waals surface area contributed by atoms with Crippen LogP contribution in [0.4, 0.5) is 5.82 Å². The van der Waals surface area contributed by atoms with Crippen molar-refractivity contribution in [2.75, 3.05) is 5.32 Å². The van der Waals surface area contributed by atoms with Crippen molar-refractivity contribution in [2.24, 2.45) is 7.05 Å². The number of fused-ring (bicyclic) bond motifs is 1. The molecule has 2 aromatic heterocycles. The van der Waals surface area contributed by atoms with Crippen molar-refractivity contribution in [3.05, 3.63) is 52.3 Å². The first-order valence-corrected chi connectivity index (χ1v) is 7.22. The molecule has 0 aliphatic heterocycles. The van der Waals surface area contributed by atoms with E-state index in [0.717, 1.165) is 27.3 Å².